The van der Waals surface area contributed by atoms with Crippen molar-refractivity contribution in [2.24, 2.45) is 0 Å². The van der Waals surface area contributed by atoms with Crippen molar-refractivity contribution in [3.63, 3.8) is 0 Å². The molecule has 1 heterocycles. The van der Waals surface area contributed by atoms with Crippen molar-refractivity contribution in [3.8, 4) is 0 Å². The number of benzene rings is 2. The summed E-state index contributed by atoms with van der Waals surface area (Å²) in [5, 5.41) is 10.2. The SMILES string of the molecule is CN(C(=O)c1ccc(F)cc1)[C@@H]1CCN(C(=O)O)C[C@H]1c1ccc(Cl)c(Cl)c1. The Kier molecular flexibility index (Phi) is 6.10. The molecule has 0 bridgehead atoms. The Balaban J connectivity index is 1.91. The number of carbonyl (C=O) groups excluding carboxylic acids is 1. The van der Waals surface area contributed by atoms with Crippen LogP contribution < -0.4 is 0 Å². The van der Waals surface area contributed by atoms with Gasteiger partial charge in [0.15, 0.2) is 0 Å². The second kappa shape index (κ2) is 8.37. The first kappa shape index (κ1) is 20.4. The summed E-state index contributed by atoms with van der Waals surface area (Å²) in [7, 11) is 1.68. The van der Waals surface area contributed by atoms with Crippen molar-refractivity contribution in [2.45, 2.75) is 18.4 Å². The standard InChI is InChI=1S/C20H19Cl2FN2O3/c1-24(19(26)12-2-5-14(23)6-3-12)18-8-9-25(20(27)28)11-15(18)13-4-7-16(21)17(22)10-13/h2-7,10,15,18H,8-9,11H2,1H3,(H,27,28)/t15-,18+/m0/s1. The number of nitrogens with zero attached hydrogens (tertiary/aromatic N) is 2. The van der Waals surface area contributed by atoms with E-state index in [0.29, 0.717) is 28.6 Å². The molecule has 1 aliphatic rings. The van der Waals surface area contributed by atoms with Gasteiger partial charge in [0, 0.05) is 37.7 Å². The third-order valence-corrected chi connectivity index (χ3v) is 5.87. The zero-order valence-corrected chi connectivity index (χ0v) is 16.6. The maximum absolute atomic E-state index is 13.2. The molecular formula is C20H19Cl2FN2O3. The molecule has 0 aliphatic carbocycles. The highest BCUT2D eigenvalue weighted by molar-refractivity contribution is 6.42. The molecular weight excluding hydrogens is 406 g/mol. The van der Waals surface area contributed by atoms with Gasteiger partial charge in [-0.2, -0.15) is 0 Å². The molecule has 3 rings (SSSR count). The van der Waals surface area contributed by atoms with Crippen molar-refractivity contribution < 1.29 is 19.1 Å². The molecule has 2 amide bonds. The Labute approximate surface area is 172 Å². The van der Waals surface area contributed by atoms with Crippen LogP contribution in [0.25, 0.3) is 0 Å². The van der Waals surface area contributed by atoms with Crippen molar-refractivity contribution in [1.82, 2.24) is 9.80 Å². The summed E-state index contributed by atoms with van der Waals surface area (Å²) >= 11 is 12.2. The third-order valence-electron chi connectivity index (χ3n) is 5.13. The quantitative estimate of drug-likeness (QED) is 0.773. The summed E-state index contributed by atoms with van der Waals surface area (Å²) in [5.74, 6) is -0.935. The Morgan fingerprint density at radius 1 is 1.14 bits per heavy atom. The average Bonchev–Trinajstić information content (AvgIpc) is 2.69. The lowest BCUT2D eigenvalue weighted by Gasteiger charge is -2.42. The van der Waals surface area contributed by atoms with Crippen LogP contribution in [0.2, 0.25) is 10.0 Å². The number of likely N-dealkylation sites (tertiary alicyclic amines) is 1. The van der Waals surface area contributed by atoms with Gasteiger partial charge in [0.2, 0.25) is 0 Å². The van der Waals surface area contributed by atoms with E-state index in [1.807, 2.05) is 0 Å². The minimum absolute atomic E-state index is 0.235. The van der Waals surface area contributed by atoms with Crippen LogP contribution in [-0.4, -0.2) is 53.1 Å². The maximum Gasteiger partial charge on any atom is 0.407 e. The number of halogens is 3. The maximum atomic E-state index is 13.2. The van der Waals surface area contributed by atoms with Gasteiger partial charge in [0.25, 0.3) is 5.91 Å². The van der Waals surface area contributed by atoms with Crippen LogP contribution in [0, 0.1) is 5.82 Å². The first-order valence-electron chi connectivity index (χ1n) is 8.73. The largest absolute Gasteiger partial charge is 0.465 e. The van der Waals surface area contributed by atoms with Crippen LogP contribution in [0.15, 0.2) is 42.5 Å². The van der Waals surface area contributed by atoms with Crippen molar-refractivity contribution in [2.75, 3.05) is 20.1 Å². The summed E-state index contributed by atoms with van der Waals surface area (Å²) in [4.78, 5) is 27.3. The molecule has 1 fully saturated rings. The molecule has 1 N–H and O–H groups in total. The molecule has 8 heteroatoms. The monoisotopic (exact) mass is 424 g/mol. The van der Waals surface area contributed by atoms with E-state index in [4.69, 9.17) is 23.2 Å². The molecule has 0 spiro atoms. The van der Waals surface area contributed by atoms with E-state index in [1.54, 1.807) is 30.1 Å². The number of hydrogen-bond donors (Lipinski definition) is 1. The van der Waals surface area contributed by atoms with Crippen molar-refractivity contribution in [1.29, 1.82) is 0 Å². The van der Waals surface area contributed by atoms with Crippen LogP contribution >= 0.6 is 23.2 Å². The Morgan fingerprint density at radius 2 is 1.82 bits per heavy atom. The van der Waals surface area contributed by atoms with E-state index in [1.165, 1.54) is 29.2 Å². The van der Waals surface area contributed by atoms with E-state index >= 15 is 0 Å². The molecule has 2 atom stereocenters. The zero-order valence-electron chi connectivity index (χ0n) is 15.1. The fourth-order valence-electron chi connectivity index (χ4n) is 3.59. The zero-order chi connectivity index (χ0) is 20.4. The normalized spacial score (nSPS) is 19.4. The Hall–Kier alpha value is -2.31. The fraction of sp³-hybridized carbons (Fsp3) is 0.300. The van der Waals surface area contributed by atoms with E-state index in [0.717, 1.165) is 5.56 Å². The van der Waals surface area contributed by atoms with Gasteiger partial charge in [-0.15, -0.1) is 0 Å². The molecule has 0 aromatic heterocycles. The highest BCUT2D eigenvalue weighted by Crippen LogP contribution is 2.34. The average molecular weight is 425 g/mol. The summed E-state index contributed by atoms with van der Waals surface area (Å²) in [5.41, 5.74) is 1.18. The van der Waals surface area contributed by atoms with Crippen LogP contribution in [0.1, 0.15) is 28.3 Å². The molecule has 0 unspecified atom stereocenters. The summed E-state index contributed by atoms with van der Waals surface area (Å²) in [6, 6.07) is 10.3. The highest BCUT2D eigenvalue weighted by Gasteiger charge is 2.36. The van der Waals surface area contributed by atoms with Gasteiger partial charge in [-0.05, 0) is 48.4 Å². The third kappa shape index (κ3) is 4.23. The predicted octanol–water partition coefficient (Wildman–Crippen LogP) is 4.74. The first-order chi connectivity index (χ1) is 13.3. The number of rotatable bonds is 3. The lowest BCUT2D eigenvalue weighted by atomic mass is 9.85. The molecule has 148 valence electrons. The van der Waals surface area contributed by atoms with Gasteiger partial charge >= 0.3 is 6.09 Å². The second-order valence-corrected chi connectivity index (χ2v) is 7.60. The molecule has 2 aromatic carbocycles. The number of piperidine rings is 1. The molecule has 5 nitrogen and oxygen atoms in total. The van der Waals surface area contributed by atoms with E-state index in [2.05, 4.69) is 0 Å². The minimum Gasteiger partial charge on any atom is -0.465 e. The molecule has 1 saturated heterocycles. The van der Waals surface area contributed by atoms with Crippen LogP contribution in [0.4, 0.5) is 9.18 Å². The fourth-order valence-corrected chi connectivity index (χ4v) is 3.90. The number of likely N-dealkylation sites (N-methyl/N-ethyl adjacent to an activating group) is 1. The molecule has 28 heavy (non-hydrogen) atoms. The lowest BCUT2D eigenvalue weighted by Crippen LogP contribution is -2.51. The molecule has 1 aliphatic heterocycles. The Morgan fingerprint density at radius 3 is 2.43 bits per heavy atom. The van der Waals surface area contributed by atoms with Gasteiger partial charge in [-0.25, -0.2) is 9.18 Å². The number of carboxylic acid groups (broad SMARTS) is 1. The molecule has 0 saturated carbocycles. The van der Waals surface area contributed by atoms with Gasteiger partial charge < -0.3 is 14.9 Å². The van der Waals surface area contributed by atoms with E-state index < -0.39 is 11.9 Å². The van der Waals surface area contributed by atoms with Crippen molar-refractivity contribution in [3.05, 3.63) is 69.5 Å². The topological polar surface area (TPSA) is 60.9 Å². The number of hydrogen-bond acceptors (Lipinski definition) is 2. The summed E-state index contributed by atoms with van der Waals surface area (Å²) in [6.07, 6.45) is -0.531. The second-order valence-electron chi connectivity index (χ2n) is 6.79. The highest BCUT2D eigenvalue weighted by atomic mass is 35.5. The predicted molar refractivity (Wildman–Crippen MR) is 106 cm³/mol. The summed E-state index contributed by atoms with van der Waals surface area (Å²) < 4.78 is 13.2. The van der Waals surface area contributed by atoms with Crippen LogP contribution in [0.3, 0.4) is 0 Å². The lowest BCUT2D eigenvalue weighted by molar-refractivity contribution is 0.0590. The van der Waals surface area contributed by atoms with Crippen LogP contribution in [0.5, 0.6) is 0 Å². The number of carbonyl (C=O) groups is 2. The van der Waals surface area contributed by atoms with E-state index in [9.17, 15) is 19.1 Å². The van der Waals surface area contributed by atoms with Gasteiger partial charge in [-0.3, -0.25) is 4.79 Å². The molecule has 2 aromatic rings. The Bertz CT molecular complexity index is 892. The first-order valence-corrected chi connectivity index (χ1v) is 9.49. The van der Waals surface area contributed by atoms with Crippen molar-refractivity contribution >= 4 is 35.2 Å². The van der Waals surface area contributed by atoms with E-state index in [-0.39, 0.29) is 24.4 Å². The molecule has 0 radical (unpaired) electrons. The minimum atomic E-state index is -1.00. The summed E-state index contributed by atoms with van der Waals surface area (Å²) in [6.45, 7) is 0.553. The smallest absolute Gasteiger partial charge is 0.407 e. The van der Waals surface area contributed by atoms with Gasteiger partial charge in [0.1, 0.15) is 5.82 Å². The number of amides is 2. The van der Waals surface area contributed by atoms with Crippen LogP contribution in [-0.2, 0) is 0 Å². The van der Waals surface area contributed by atoms with Gasteiger partial charge in [0.05, 0.1) is 10.0 Å². The van der Waals surface area contributed by atoms with Gasteiger partial charge in [-0.1, -0.05) is 29.3 Å².